The predicted octanol–water partition coefficient (Wildman–Crippen LogP) is 2.14. The minimum absolute atomic E-state index is 0.202. The van der Waals surface area contributed by atoms with Crippen LogP contribution in [0.4, 0.5) is 0 Å². The lowest BCUT2D eigenvalue weighted by Crippen LogP contribution is -2.37. The summed E-state index contributed by atoms with van der Waals surface area (Å²) in [5.41, 5.74) is 0. The Balaban J connectivity index is 2.94. The molecule has 0 amide bonds. The monoisotopic (exact) mass is 297 g/mol. The summed E-state index contributed by atoms with van der Waals surface area (Å²) in [4.78, 5) is 0.845. The summed E-state index contributed by atoms with van der Waals surface area (Å²) in [6.45, 7) is 2.17. The lowest BCUT2D eigenvalue weighted by atomic mass is 10.4. The zero-order chi connectivity index (χ0) is 13.1. The SMILES string of the molecule is COCC(C)N(C)S(=O)(=O)c1ccc(CCl)s1. The molecule has 0 fully saturated rings. The first kappa shape index (κ1) is 14.9. The molecular weight excluding hydrogens is 282 g/mol. The molecule has 4 nitrogen and oxygen atoms in total. The van der Waals surface area contributed by atoms with Crippen molar-refractivity contribution in [2.75, 3.05) is 20.8 Å². The summed E-state index contributed by atoms with van der Waals surface area (Å²) in [5, 5.41) is 0. The summed E-state index contributed by atoms with van der Waals surface area (Å²) in [7, 11) is -0.332. The smallest absolute Gasteiger partial charge is 0.252 e. The van der Waals surface area contributed by atoms with Gasteiger partial charge in [0, 0.05) is 25.1 Å². The molecule has 0 saturated carbocycles. The highest BCUT2D eigenvalue weighted by Crippen LogP contribution is 2.26. The number of sulfonamides is 1. The van der Waals surface area contributed by atoms with Crippen LogP contribution in [0.15, 0.2) is 16.3 Å². The molecule has 98 valence electrons. The third-order valence-electron chi connectivity index (χ3n) is 2.43. The molecule has 0 saturated heterocycles. The van der Waals surface area contributed by atoms with E-state index in [4.69, 9.17) is 16.3 Å². The second-order valence-corrected chi connectivity index (χ2v) is 7.34. The highest BCUT2D eigenvalue weighted by atomic mass is 35.5. The Morgan fingerprint density at radius 1 is 1.53 bits per heavy atom. The van der Waals surface area contributed by atoms with E-state index in [-0.39, 0.29) is 6.04 Å². The van der Waals surface area contributed by atoms with Crippen molar-refractivity contribution < 1.29 is 13.2 Å². The Morgan fingerprint density at radius 3 is 2.65 bits per heavy atom. The summed E-state index contributed by atoms with van der Waals surface area (Å²) in [6, 6.07) is 3.12. The number of hydrogen-bond donors (Lipinski definition) is 0. The fourth-order valence-corrected chi connectivity index (χ4v) is 4.29. The summed E-state index contributed by atoms with van der Waals surface area (Å²) >= 11 is 6.87. The molecule has 0 bridgehead atoms. The Labute approximate surface area is 111 Å². The molecule has 17 heavy (non-hydrogen) atoms. The van der Waals surface area contributed by atoms with Gasteiger partial charge >= 0.3 is 0 Å². The van der Waals surface area contributed by atoms with E-state index in [1.165, 1.54) is 15.6 Å². The second kappa shape index (κ2) is 6.15. The van der Waals surface area contributed by atoms with Crippen LogP contribution < -0.4 is 0 Å². The molecule has 1 rings (SSSR count). The number of thiophene rings is 1. The molecule has 0 radical (unpaired) electrons. The number of halogens is 1. The third kappa shape index (κ3) is 3.42. The maximum absolute atomic E-state index is 12.2. The van der Waals surface area contributed by atoms with E-state index in [1.54, 1.807) is 33.2 Å². The van der Waals surface area contributed by atoms with Gasteiger partial charge in [0.25, 0.3) is 10.0 Å². The van der Waals surface area contributed by atoms with Crippen molar-refractivity contribution in [3.05, 3.63) is 17.0 Å². The van der Waals surface area contributed by atoms with Gasteiger partial charge in [0.1, 0.15) is 4.21 Å². The van der Waals surface area contributed by atoms with Gasteiger partial charge < -0.3 is 4.74 Å². The third-order valence-corrected chi connectivity index (χ3v) is 6.40. The standard InChI is InChI=1S/C10H16ClNO3S2/c1-8(7-15-3)12(2)17(13,14)10-5-4-9(6-11)16-10/h4-5,8H,6-7H2,1-3H3. The molecule has 1 atom stereocenters. The maximum Gasteiger partial charge on any atom is 0.252 e. The van der Waals surface area contributed by atoms with Gasteiger partial charge in [-0.15, -0.1) is 22.9 Å². The minimum Gasteiger partial charge on any atom is -0.383 e. The van der Waals surface area contributed by atoms with Crippen LogP contribution in [0.3, 0.4) is 0 Å². The van der Waals surface area contributed by atoms with Crippen LogP contribution in [0.2, 0.25) is 0 Å². The van der Waals surface area contributed by atoms with E-state index in [9.17, 15) is 8.42 Å². The van der Waals surface area contributed by atoms with Crippen molar-refractivity contribution in [1.82, 2.24) is 4.31 Å². The Bertz CT molecular complexity index is 458. The first-order valence-electron chi connectivity index (χ1n) is 5.05. The largest absolute Gasteiger partial charge is 0.383 e. The maximum atomic E-state index is 12.2. The van der Waals surface area contributed by atoms with E-state index in [0.29, 0.717) is 16.7 Å². The fraction of sp³-hybridized carbons (Fsp3) is 0.600. The van der Waals surface area contributed by atoms with Gasteiger partial charge in [0.05, 0.1) is 12.5 Å². The first-order valence-corrected chi connectivity index (χ1v) is 7.84. The lowest BCUT2D eigenvalue weighted by Gasteiger charge is -2.22. The Kier molecular flexibility index (Phi) is 5.40. The number of methoxy groups -OCH3 is 1. The number of alkyl halides is 1. The number of hydrogen-bond acceptors (Lipinski definition) is 4. The second-order valence-electron chi connectivity index (χ2n) is 3.68. The van der Waals surface area contributed by atoms with E-state index in [2.05, 4.69) is 0 Å². The van der Waals surface area contributed by atoms with E-state index < -0.39 is 10.0 Å². The topological polar surface area (TPSA) is 46.6 Å². The van der Waals surface area contributed by atoms with Gasteiger partial charge in [-0.05, 0) is 19.1 Å². The lowest BCUT2D eigenvalue weighted by molar-refractivity contribution is 0.149. The summed E-state index contributed by atoms with van der Waals surface area (Å²) in [5.74, 6) is 0.331. The molecule has 1 aromatic heterocycles. The molecule has 7 heteroatoms. The number of ether oxygens (including phenoxy) is 1. The molecule has 0 aliphatic carbocycles. The highest BCUT2D eigenvalue weighted by Gasteiger charge is 2.26. The van der Waals surface area contributed by atoms with Crippen LogP contribution in [-0.4, -0.2) is 39.5 Å². The van der Waals surface area contributed by atoms with Crippen molar-refractivity contribution in [3.63, 3.8) is 0 Å². The molecule has 0 aliphatic rings. The molecule has 0 aromatic carbocycles. The van der Waals surface area contributed by atoms with Crippen LogP contribution in [-0.2, 0) is 20.6 Å². The molecule has 1 heterocycles. The fourth-order valence-electron chi connectivity index (χ4n) is 1.29. The zero-order valence-corrected chi connectivity index (χ0v) is 12.4. The van der Waals surface area contributed by atoms with E-state index in [0.717, 1.165) is 4.88 Å². The minimum atomic E-state index is -3.44. The Hall–Kier alpha value is -0.140. The highest BCUT2D eigenvalue weighted by molar-refractivity contribution is 7.91. The van der Waals surface area contributed by atoms with Crippen LogP contribution in [0.25, 0.3) is 0 Å². The Morgan fingerprint density at radius 2 is 2.18 bits per heavy atom. The van der Waals surface area contributed by atoms with E-state index >= 15 is 0 Å². The van der Waals surface area contributed by atoms with Crippen molar-refractivity contribution >= 4 is 33.0 Å². The number of nitrogens with zero attached hydrogens (tertiary/aromatic N) is 1. The quantitative estimate of drug-likeness (QED) is 0.756. The average Bonchev–Trinajstić information content (AvgIpc) is 2.77. The molecule has 0 N–H and O–H groups in total. The zero-order valence-electron chi connectivity index (χ0n) is 10.0. The molecule has 0 aliphatic heterocycles. The average molecular weight is 298 g/mol. The van der Waals surface area contributed by atoms with E-state index in [1.807, 2.05) is 0 Å². The molecule has 1 aromatic rings. The number of likely N-dealkylation sites (N-methyl/N-ethyl adjacent to an activating group) is 1. The van der Waals surface area contributed by atoms with Gasteiger partial charge in [-0.1, -0.05) is 0 Å². The molecule has 1 unspecified atom stereocenters. The molecule has 0 spiro atoms. The van der Waals surface area contributed by atoms with Crippen molar-refractivity contribution in [2.24, 2.45) is 0 Å². The van der Waals surface area contributed by atoms with Gasteiger partial charge in [0.2, 0.25) is 0 Å². The van der Waals surface area contributed by atoms with Crippen LogP contribution in [0.1, 0.15) is 11.8 Å². The van der Waals surface area contributed by atoms with Crippen molar-refractivity contribution in [1.29, 1.82) is 0 Å². The van der Waals surface area contributed by atoms with Crippen molar-refractivity contribution in [2.45, 2.75) is 23.1 Å². The van der Waals surface area contributed by atoms with Crippen LogP contribution in [0, 0.1) is 0 Å². The van der Waals surface area contributed by atoms with Crippen LogP contribution >= 0.6 is 22.9 Å². The molecular formula is C10H16ClNO3S2. The van der Waals surface area contributed by atoms with Gasteiger partial charge in [0.15, 0.2) is 0 Å². The first-order chi connectivity index (χ1) is 7.93. The summed E-state index contributed by atoms with van der Waals surface area (Å²) in [6.07, 6.45) is 0. The van der Waals surface area contributed by atoms with Gasteiger partial charge in [-0.25, -0.2) is 8.42 Å². The van der Waals surface area contributed by atoms with Gasteiger partial charge in [-0.2, -0.15) is 4.31 Å². The predicted molar refractivity (Wildman–Crippen MR) is 70.2 cm³/mol. The van der Waals surface area contributed by atoms with Gasteiger partial charge in [-0.3, -0.25) is 0 Å². The normalized spacial score (nSPS) is 14.2. The summed E-state index contributed by atoms with van der Waals surface area (Å²) < 4.78 is 31.0. The van der Waals surface area contributed by atoms with Crippen molar-refractivity contribution in [3.8, 4) is 0 Å². The van der Waals surface area contributed by atoms with Crippen LogP contribution in [0.5, 0.6) is 0 Å². The number of rotatable bonds is 6.